The van der Waals surface area contributed by atoms with Crippen LogP contribution in [-0.4, -0.2) is 17.8 Å². The third kappa shape index (κ3) is 6.55. The van der Waals surface area contributed by atoms with Gasteiger partial charge in [0.1, 0.15) is 23.9 Å². The fraction of sp³-hybridized carbons (Fsp3) is 0.355. The summed E-state index contributed by atoms with van der Waals surface area (Å²) in [5.41, 5.74) is 1.62. The molecule has 0 aromatic heterocycles. The molecule has 0 aliphatic heterocycles. The van der Waals surface area contributed by atoms with Crippen molar-refractivity contribution in [2.75, 3.05) is 6.61 Å². The summed E-state index contributed by atoms with van der Waals surface area (Å²) in [6.45, 7) is 5.73. The van der Waals surface area contributed by atoms with Gasteiger partial charge in [-0.3, -0.25) is 0 Å². The van der Waals surface area contributed by atoms with Crippen molar-refractivity contribution in [3.63, 3.8) is 0 Å². The molecule has 0 heterocycles. The molecule has 6 heteroatoms. The van der Waals surface area contributed by atoms with Crippen molar-refractivity contribution in [1.82, 2.24) is 0 Å². The number of hydrogen-bond donors (Lipinski definition) is 1. The van der Waals surface area contributed by atoms with Crippen LogP contribution in [0.4, 0.5) is 13.2 Å². The Bertz CT molecular complexity index is 1200. The van der Waals surface area contributed by atoms with Gasteiger partial charge in [-0.2, -0.15) is 0 Å². The zero-order chi connectivity index (χ0) is 26.4. The van der Waals surface area contributed by atoms with Gasteiger partial charge in [-0.15, -0.1) is 6.58 Å². The molecule has 1 aliphatic carbocycles. The van der Waals surface area contributed by atoms with E-state index >= 15 is 0 Å². The molecule has 0 spiro atoms. The van der Waals surface area contributed by atoms with E-state index in [9.17, 15) is 18.3 Å². The molecule has 1 unspecified atom stereocenters. The molecule has 0 saturated heterocycles. The SMILES string of the molecule is C=CCCOc1ccc(-c2ccc(OCc3ccc(C4CCC(C(C)O)CC4)c(F)c3F)cc2)c(F)c1. The van der Waals surface area contributed by atoms with Crippen LogP contribution in [0.2, 0.25) is 0 Å². The maximum atomic E-state index is 14.9. The topological polar surface area (TPSA) is 38.7 Å². The van der Waals surface area contributed by atoms with Crippen LogP contribution in [0.25, 0.3) is 11.1 Å². The first-order valence-corrected chi connectivity index (χ1v) is 12.8. The molecule has 3 nitrogen and oxygen atoms in total. The molecule has 196 valence electrons. The second-order valence-corrected chi connectivity index (χ2v) is 9.67. The van der Waals surface area contributed by atoms with Crippen molar-refractivity contribution in [2.24, 2.45) is 5.92 Å². The number of ether oxygens (including phenoxy) is 2. The molecule has 1 saturated carbocycles. The standard InChI is InChI=1S/C31H33F3O3/c1-3-4-17-36-26-14-16-27(29(32)18-26)22-9-12-25(13-10-22)37-19-24-11-15-28(31(34)30(24)33)23-7-5-21(6-8-23)20(2)35/h3,9-16,18,20-21,23,35H,1,4-8,17,19H2,2H3. The molecule has 1 aliphatic rings. The Morgan fingerprint density at radius 2 is 1.62 bits per heavy atom. The number of benzene rings is 3. The van der Waals surface area contributed by atoms with Gasteiger partial charge in [-0.05, 0) is 86.3 Å². The van der Waals surface area contributed by atoms with E-state index in [2.05, 4.69) is 6.58 Å². The highest BCUT2D eigenvalue weighted by Gasteiger charge is 2.28. The van der Waals surface area contributed by atoms with Gasteiger partial charge in [0.15, 0.2) is 11.6 Å². The Balaban J connectivity index is 1.37. The van der Waals surface area contributed by atoms with Crippen molar-refractivity contribution in [2.45, 2.75) is 57.7 Å². The van der Waals surface area contributed by atoms with Crippen LogP contribution in [0.5, 0.6) is 11.5 Å². The predicted molar refractivity (Wildman–Crippen MR) is 139 cm³/mol. The van der Waals surface area contributed by atoms with Gasteiger partial charge in [0.25, 0.3) is 0 Å². The number of aliphatic hydroxyl groups is 1. The van der Waals surface area contributed by atoms with Gasteiger partial charge < -0.3 is 14.6 Å². The predicted octanol–water partition coefficient (Wildman–Crippen LogP) is 7.96. The van der Waals surface area contributed by atoms with Gasteiger partial charge in [0.05, 0.1) is 12.7 Å². The van der Waals surface area contributed by atoms with Crippen LogP contribution in [0, 0.1) is 23.4 Å². The van der Waals surface area contributed by atoms with Crippen molar-refractivity contribution in [1.29, 1.82) is 0 Å². The van der Waals surface area contributed by atoms with E-state index in [4.69, 9.17) is 9.47 Å². The minimum Gasteiger partial charge on any atom is -0.493 e. The van der Waals surface area contributed by atoms with Gasteiger partial charge in [0, 0.05) is 17.2 Å². The lowest BCUT2D eigenvalue weighted by Crippen LogP contribution is -2.23. The van der Waals surface area contributed by atoms with Gasteiger partial charge >= 0.3 is 0 Å². The third-order valence-corrected chi connectivity index (χ3v) is 7.18. The van der Waals surface area contributed by atoms with Crippen molar-refractivity contribution < 1.29 is 27.8 Å². The number of aliphatic hydroxyl groups excluding tert-OH is 1. The molecule has 37 heavy (non-hydrogen) atoms. The molecule has 0 bridgehead atoms. The lowest BCUT2D eigenvalue weighted by atomic mass is 9.76. The first-order chi connectivity index (χ1) is 17.9. The average Bonchev–Trinajstić information content (AvgIpc) is 2.90. The van der Waals surface area contributed by atoms with Crippen LogP contribution in [0.3, 0.4) is 0 Å². The van der Waals surface area contributed by atoms with Crippen molar-refractivity contribution in [3.05, 3.63) is 95.8 Å². The highest BCUT2D eigenvalue weighted by atomic mass is 19.2. The lowest BCUT2D eigenvalue weighted by Gasteiger charge is -2.30. The molecule has 1 fully saturated rings. The molecule has 4 rings (SSSR count). The maximum Gasteiger partial charge on any atom is 0.165 e. The molecule has 1 atom stereocenters. The summed E-state index contributed by atoms with van der Waals surface area (Å²) < 4.78 is 55.5. The second-order valence-electron chi connectivity index (χ2n) is 9.67. The fourth-order valence-electron chi connectivity index (χ4n) is 4.92. The first-order valence-electron chi connectivity index (χ1n) is 12.8. The number of halogens is 3. The number of hydrogen-bond acceptors (Lipinski definition) is 3. The largest absolute Gasteiger partial charge is 0.493 e. The molecule has 3 aromatic carbocycles. The van der Waals surface area contributed by atoms with Crippen LogP contribution >= 0.6 is 0 Å². The second kappa shape index (κ2) is 12.3. The van der Waals surface area contributed by atoms with E-state index in [-0.39, 0.29) is 30.1 Å². The summed E-state index contributed by atoms with van der Waals surface area (Å²) >= 11 is 0. The minimum absolute atomic E-state index is 0.0415. The lowest BCUT2D eigenvalue weighted by molar-refractivity contribution is 0.0963. The van der Waals surface area contributed by atoms with Gasteiger partial charge in [-0.25, -0.2) is 13.2 Å². The van der Waals surface area contributed by atoms with Crippen LogP contribution in [-0.2, 0) is 6.61 Å². The Kier molecular flexibility index (Phi) is 8.93. The number of rotatable bonds is 10. The summed E-state index contributed by atoms with van der Waals surface area (Å²) in [5.74, 6) is -0.999. The highest BCUT2D eigenvalue weighted by Crippen LogP contribution is 2.39. The quantitative estimate of drug-likeness (QED) is 0.222. The maximum absolute atomic E-state index is 14.9. The molecule has 1 N–H and O–H groups in total. The summed E-state index contributed by atoms with van der Waals surface area (Å²) in [6, 6.07) is 14.7. The average molecular weight is 511 g/mol. The summed E-state index contributed by atoms with van der Waals surface area (Å²) in [4.78, 5) is 0. The highest BCUT2D eigenvalue weighted by molar-refractivity contribution is 5.65. The van der Waals surface area contributed by atoms with Gasteiger partial charge in [-0.1, -0.05) is 30.3 Å². The molecule has 0 radical (unpaired) electrons. The summed E-state index contributed by atoms with van der Waals surface area (Å²) in [5, 5.41) is 9.78. The van der Waals surface area contributed by atoms with Crippen LogP contribution in [0.15, 0.2) is 67.3 Å². The third-order valence-electron chi connectivity index (χ3n) is 7.18. The van der Waals surface area contributed by atoms with E-state index in [0.29, 0.717) is 41.2 Å². The van der Waals surface area contributed by atoms with E-state index in [1.807, 2.05) is 0 Å². The molecular formula is C31H33F3O3. The first kappa shape index (κ1) is 26.8. The van der Waals surface area contributed by atoms with Gasteiger partial charge in [0.2, 0.25) is 0 Å². The Labute approximate surface area is 216 Å². The zero-order valence-corrected chi connectivity index (χ0v) is 21.1. The van der Waals surface area contributed by atoms with Crippen molar-refractivity contribution in [3.8, 4) is 22.6 Å². The smallest absolute Gasteiger partial charge is 0.165 e. The Morgan fingerprint density at radius 1 is 0.919 bits per heavy atom. The minimum atomic E-state index is -0.885. The van der Waals surface area contributed by atoms with Crippen molar-refractivity contribution >= 4 is 0 Å². The molecule has 0 amide bonds. The fourth-order valence-corrected chi connectivity index (χ4v) is 4.92. The van der Waals surface area contributed by atoms with E-state index in [1.165, 1.54) is 6.07 Å². The zero-order valence-electron chi connectivity index (χ0n) is 21.1. The van der Waals surface area contributed by atoms with E-state index in [0.717, 1.165) is 25.7 Å². The molecule has 3 aromatic rings. The summed E-state index contributed by atoms with van der Waals surface area (Å²) in [6.07, 6.45) is 5.13. The van der Waals surface area contributed by atoms with Crippen LogP contribution in [0.1, 0.15) is 56.1 Å². The van der Waals surface area contributed by atoms with E-state index in [1.54, 1.807) is 61.5 Å². The Morgan fingerprint density at radius 3 is 2.27 bits per heavy atom. The summed E-state index contributed by atoms with van der Waals surface area (Å²) in [7, 11) is 0. The molecular weight excluding hydrogens is 477 g/mol. The normalized spacial score (nSPS) is 18.3. The Hall–Kier alpha value is -3.25. The van der Waals surface area contributed by atoms with E-state index < -0.39 is 17.5 Å². The van der Waals surface area contributed by atoms with Crippen LogP contribution < -0.4 is 9.47 Å². The monoisotopic (exact) mass is 510 g/mol.